The Morgan fingerprint density at radius 2 is 2.12 bits per heavy atom. The van der Waals surface area contributed by atoms with Gasteiger partial charge in [0, 0.05) is 35.6 Å². The first-order chi connectivity index (χ1) is 11.4. The third kappa shape index (κ3) is 2.68. The monoisotopic (exact) mass is 327 g/mol. The van der Waals surface area contributed by atoms with Crippen molar-refractivity contribution in [3.8, 4) is 0 Å². The van der Waals surface area contributed by atoms with Crippen molar-refractivity contribution >= 4 is 17.3 Å². The number of hydrogen-bond donors (Lipinski definition) is 0. The quantitative estimate of drug-likeness (QED) is 0.638. The number of aryl methyl sites for hydroxylation is 1. The lowest BCUT2D eigenvalue weighted by Crippen LogP contribution is -2.40. The van der Waals surface area contributed by atoms with Crippen LogP contribution >= 0.6 is 0 Å². The number of nitro benzene ring substituents is 1. The van der Waals surface area contributed by atoms with Crippen LogP contribution in [-0.2, 0) is 17.8 Å². The van der Waals surface area contributed by atoms with Crippen molar-refractivity contribution in [3.05, 3.63) is 68.1 Å². The molecule has 2 aromatic rings. The molecule has 0 bridgehead atoms. The number of hydrogen-bond acceptors (Lipinski definition) is 4. The van der Waals surface area contributed by atoms with Crippen molar-refractivity contribution in [2.45, 2.75) is 32.9 Å². The van der Waals surface area contributed by atoms with E-state index >= 15 is 0 Å². The minimum Gasteiger partial charge on any atom is -0.307 e. The summed E-state index contributed by atoms with van der Waals surface area (Å²) in [6.45, 7) is 3.54. The third-order valence-electron chi connectivity index (χ3n) is 4.27. The zero-order valence-corrected chi connectivity index (χ0v) is 13.4. The maximum Gasteiger partial charge on any atom is 0.269 e. The van der Waals surface area contributed by atoms with Crippen molar-refractivity contribution < 1.29 is 9.72 Å². The van der Waals surface area contributed by atoms with Gasteiger partial charge in [0.05, 0.1) is 4.92 Å². The summed E-state index contributed by atoms with van der Waals surface area (Å²) in [6.07, 6.45) is 2.15. The van der Waals surface area contributed by atoms with E-state index in [1.165, 1.54) is 16.7 Å². The largest absolute Gasteiger partial charge is 0.307 e. The molecular formula is C17H17N3O4. The van der Waals surface area contributed by atoms with Crippen LogP contribution in [0.4, 0.5) is 11.4 Å². The second kappa shape index (κ2) is 5.92. The Kier molecular flexibility index (Phi) is 3.92. The summed E-state index contributed by atoms with van der Waals surface area (Å²) in [4.78, 5) is 36.9. The van der Waals surface area contributed by atoms with E-state index < -0.39 is 4.92 Å². The number of benzene rings is 1. The second-order valence-corrected chi connectivity index (χ2v) is 6.01. The van der Waals surface area contributed by atoms with Crippen molar-refractivity contribution in [2.24, 2.45) is 0 Å². The number of nitrogens with zero attached hydrogens (tertiary/aromatic N) is 3. The Hall–Kier alpha value is -2.96. The Labute approximate surface area is 138 Å². The van der Waals surface area contributed by atoms with Crippen LogP contribution < -0.4 is 10.5 Å². The minimum absolute atomic E-state index is 0.0187. The van der Waals surface area contributed by atoms with E-state index in [9.17, 15) is 19.7 Å². The Bertz CT molecular complexity index is 888. The molecule has 1 aromatic heterocycles. The van der Waals surface area contributed by atoms with E-state index in [1.54, 1.807) is 36.2 Å². The highest BCUT2D eigenvalue weighted by Crippen LogP contribution is 2.34. The lowest BCUT2D eigenvalue weighted by atomic mass is 10.1. The van der Waals surface area contributed by atoms with Crippen molar-refractivity contribution in [1.82, 2.24) is 4.57 Å². The van der Waals surface area contributed by atoms with Gasteiger partial charge in [0.2, 0.25) is 5.91 Å². The number of nitro groups is 1. The predicted molar refractivity (Wildman–Crippen MR) is 89.2 cm³/mol. The molecule has 0 saturated carbocycles. The average molecular weight is 327 g/mol. The van der Waals surface area contributed by atoms with Gasteiger partial charge in [0.15, 0.2) is 0 Å². The molecule has 0 aliphatic carbocycles. The van der Waals surface area contributed by atoms with Crippen LogP contribution in [0.2, 0.25) is 0 Å². The Morgan fingerprint density at radius 3 is 2.83 bits per heavy atom. The summed E-state index contributed by atoms with van der Waals surface area (Å²) in [5.74, 6) is -0.206. The summed E-state index contributed by atoms with van der Waals surface area (Å²) in [7, 11) is 0. The number of aromatic nitrogens is 1. The molecule has 7 nitrogen and oxygen atoms in total. The molecule has 1 unspecified atom stereocenters. The van der Waals surface area contributed by atoms with Crippen LogP contribution in [0.5, 0.6) is 0 Å². The van der Waals surface area contributed by atoms with Crippen LogP contribution in [0.25, 0.3) is 0 Å². The van der Waals surface area contributed by atoms with E-state index in [0.29, 0.717) is 17.7 Å². The van der Waals surface area contributed by atoms with Gasteiger partial charge in [-0.05, 0) is 38.0 Å². The fraction of sp³-hybridized carbons (Fsp3) is 0.294. The molecule has 2 heterocycles. The maximum atomic E-state index is 12.7. The molecule has 3 rings (SSSR count). The first-order valence-corrected chi connectivity index (χ1v) is 7.64. The van der Waals surface area contributed by atoms with Crippen LogP contribution in [0, 0.1) is 17.0 Å². The number of rotatable bonds is 3. The molecule has 1 aliphatic heterocycles. The van der Waals surface area contributed by atoms with Gasteiger partial charge in [-0.2, -0.15) is 0 Å². The smallest absolute Gasteiger partial charge is 0.269 e. The fourth-order valence-corrected chi connectivity index (χ4v) is 3.11. The molecule has 0 N–H and O–H groups in total. The normalized spacial score (nSPS) is 16.1. The molecular weight excluding hydrogens is 310 g/mol. The molecule has 1 amide bonds. The van der Waals surface area contributed by atoms with E-state index in [1.807, 2.05) is 6.92 Å². The first kappa shape index (κ1) is 15.9. The Balaban J connectivity index is 1.90. The van der Waals surface area contributed by atoms with Gasteiger partial charge in [-0.3, -0.25) is 19.7 Å². The van der Waals surface area contributed by atoms with Gasteiger partial charge < -0.3 is 9.47 Å². The molecule has 1 aliphatic rings. The molecule has 0 fully saturated rings. The molecule has 1 atom stereocenters. The van der Waals surface area contributed by atoms with Gasteiger partial charge in [-0.15, -0.1) is 0 Å². The standard InChI is InChI=1S/C17H17N3O4/c1-11-4-3-7-18(17(11)22)10-16(21)19-12(2)8-13-9-14(20(23)24)5-6-15(13)19/h3-7,9,12H,8,10H2,1-2H3. The number of pyridine rings is 1. The molecule has 0 saturated heterocycles. The number of carbonyl (C=O) groups excluding carboxylic acids is 1. The number of non-ortho nitro benzene ring substituents is 1. The molecule has 1 aromatic carbocycles. The lowest BCUT2D eigenvalue weighted by Gasteiger charge is -2.23. The topological polar surface area (TPSA) is 85.4 Å². The SMILES string of the molecule is Cc1cccn(CC(=O)N2c3ccc([N+](=O)[O-])cc3CC2C)c1=O. The second-order valence-electron chi connectivity index (χ2n) is 6.01. The first-order valence-electron chi connectivity index (χ1n) is 7.64. The van der Waals surface area contributed by atoms with Crippen LogP contribution in [0.15, 0.2) is 41.3 Å². The van der Waals surface area contributed by atoms with Gasteiger partial charge in [-0.1, -0.05) is 6.07 Å². The highest BCUT2D eigenvalue weighted by atomic mass is 16.6. The predicted octanol–water partition coefficient (Wildman–Crippen LogP) is 2.04. The number of carbonyl (C=O) groups is 1. The summed E-state index contributed by atoms with van der Waals surface area (Å²) in [5, 5.41) is 10.9. The van der Waals surface area contributed by atoms with E-state index in [-0.39, 0.29) is 29.7 Å². The molecule has 0 spiro atoms. The highest BCUT2D eigenvalue weighted by molar-refractivity contribution is 5.96. The average Bonchev–Trinajstić information content (AvgIpc) is 2.86. The summed E-state index contributed by atoms with van der Waals surface area (Å²) in [6, 6.07) is 7.85. The van der Waals surface area contributed by atoms with Crippen molar-refractivity contribution in [2.75, 3.05) is 4.90 Å². The molecule has 0 radical (unpaired) electrons. The fourth-order valence-electron chi connectivity index (χ4n) is 3.11. The van der Waals surface area contributed by atoms with E-state index in [2.05, 4.69) is 0 Å². The number of anilines is 1. The minimum atomic E-state index is -0.443. The number of amides is 1. The van der Waals surface area contributed by atoms with Crippen LogP contribution in [0.1, 0.15) is 18.1 Å². The highest BCUT2D eigenvalue weighted by Gasteiger charge is 2.32. The molecule has 24 heavy (non-hydrogen) atoms. The summed E-state index contributed by atoms with van der Waals surface area (Å²) < 4.78 is 1.38. The van der Waals surface area contributed by atoms with Gasteiger partial charge >= 0.3 is 0 Å². The van der Waals surface area contributed by atoms with E-state index in [0.717, 1.165) is 5.56 Å². The maximum absolute atomic E-state index is 12.7. The third-order valence-corrected chi connectivity index (χ3v) is 4.27. The zero-order valence-electron chi connectivity index (χ0n) is 13.4. The zero-order chi connectivity index (χ0) is 17.4. The molecule has 7 heteroatoms. The van der Waals surface area contributed by atoms with Crippen molar-refractivity contribution in [1.29, 1.82) is 0 Å². The number of fused-ring (bicyclic) bond motifs is 1. The molecule has 124 valence electrons. The van der Waals surface area contributed by atoms with E-state index in [4.69, 9.17) is 0 Å². The Morgan fingerprint density at radius 1 is 1.38 bits per heavy atom. The van der Waals surface area contributed by atoms with Crippen molar-refractivity contribution in [3.63, 3.8) is 0 Å². The summed E-state index contributed by atoms with van der Waals surface area (Å²) >= 11 is 0. The van der Waals surface area contributed by atoms with Crippen LogP contribution in [-0.4, -0.2) is 21.4 Å². The van der Waals surface area contributed by atoms with Gasteiger partial charge in [-0.25, -0.2) is 0 Å². The van der Waals surface area contributed by atoms with Crippen LogP contribution in [0.3, 0.4) is 0 Å². The van der Waals surface area contributed by atoms with Gasteiger partial charge in [0.1, 0.15) is 6.54 Å². The lowest BCUT2D eigenvalue weighted by molar-refractivity contribution is -0.384. The summed E-state index contributed by atoms with van der Waals surface area (Å²) in [5.41, 5.74) is 1.86. The van der Waals surface area contributed by atoms with Gasteiger partial charge in [0.25, 0.3) is 11.2 Å².